The van der Waals surface area contributed by atoms with Crippen LogP contribution in [0.1, 0.15) is 21.5 Å². The lowest BCUT2D eigenvalue weighted by Gasteiger charge is -2.14. The molecule has 8 heteroatoms. The summed E-state index contributed by atoms with van der Waals surface area (Å²) in [5.41, 5.74) is 7.31. The van der Waals surface area contributed by atoms with Crippen molar-refractivity contribution in [1.82, 2.24) is 9.55 Å². The number of nitrogen functional groups attached to an aromatic ring is 1. The smallest absolute Gasteiger partial charge is 0.356 e. The first kappa shape index (κ1) is 19.3. The van der Waals surface area contributed by atoms with Crippen molar-refractivity contribution in [2.45, 2.75) is 12.7 Å². The van der Waals surface area contributed by atoms with Crippen LogP contribution >= 0.6 is 0 Å². The predicted molar refractivity (Wildman–Crippen MR) is 109 cm³/mol. The molecule has 3 aromatic rings. The molecule has 2 aromatic carbocycles. The Bertz CT molecular complexity index is 1140. The summed E-state index contributed by atoms with van der Waals surface area (Å²) in [5, 5.41) is 0. The van der Waals surface area contributed by atoms with E-state index in [1.807, 2.05) is 42.5 Å². The minimum atomic E-state index is -0.866. The third-order valence-electron chi connectivity index (χ3n) is 4.46. The maximum Gasteiger partial charge on any atom is 0.356 e. The molecule has 1 aliphatic rings. The van der Waals surface area contributed by atoms with E-state index in [0.29, 0.717) is 12.0 Å². The first-order valence-electron chi connectivity index (χ1n) is 9.27. The number of carbonyl (C=O) groups excluding carboxylic acids is 1. The molecule has 4 rings (SSSR count). The minimum Gasteiger partial charge on any atom is -0.454 e. The number of nitrogens with zero attached hydrogens (tertiary/aromatic N) is 2. The Morgan fingerprint density at radius 3 is 2.67 bits per heavy atom. The van der Waals surface area contributed by atoms with Crippen LogP contribution in [0.15, 0.2) is 77.9 Å². The van der Waals surface area contributed by atoms with Crippen molar-refractivity contribution in [3.63, 3.8) is 0 Å². The monoisotopic (exact) mass is 405 g/mol. The second-order valence-electron chi connectivity index (χ2n) is 6.56. The van der Waals surface area contributed by atoms with E-state index in [-0.39, 0.29) is 18.3 Å². The molecule has 1 aromatic heterocycles. The second kappa shape index (κ2) is 8.52. The molecular weight excluding hydrogens is 386 g/mol. The van der Waals surface area contributed by atoms with Gasteiger partial charge in [0.15, 0.2) is 6.61 Å². The highest BCUT2D eigenvalue weighted by Crippen LogP contribution is 2.19. The summed E-state index contributed by atoms with van der Waals surface area (Å²) in [7, 11) is 0. The van der Waals surface area contributed by atoms with Crippen LogP contribution in [0.5, 0.6) is 0 Å². The predicted octanol–water partition coefficient (Wildman–Crippen LogP) is 2.40. The molecular formula is C22H19N3O5. The molecule has 8 nitrogen and oxygen atoms in total. The molecule has 30 heavy (non-hydrogen) atoms. The van der Waals surface area contributed by atoms with Gasteiger partial charge in [-0.05, 0) is 29.7 Å². The van der Waals surface area contributed by atoms with Crippen molar-refractivity contribution < 1.29 is 19.0 Å². The summed E-state index contributed by atoms with van der Waals surface area (Å²) in [6.07, 6.45) is 2.44. The maximum atomic E-state index is 12.6. The van der Waals surface area contributed by atoms with Gasteiger partial charge >= 0.3 is 11.7 Å². The summed E-state index contributed by atoms with van der Waals surface area (Å²) in [5.74, 6) is -0.234. The summed E-state index contributed by atoms with van der Waals surface area (Å²) >= 11 is 0. The van der Waals surface area contributed by atoms with Gasteiger partial charge in [-0.1, -0.05) is 48.5 Å². The Morgan fingerprint density at radius 1 is 1.10 bits per heavy atom. The number of carbonyl (C=O) groups is 1. The van der Waals surface area contributed by atoms with E-state index >= 15 is 0 Å². The Labute approximate surface area is 172 Å². The van der Waals surface area contributed by atoms with Crippen LogP contribution in [0.3, 0.4) is 0 Å². The van der Waals surface area contributed by atoms with E-state index < -0.39 is 17.9 Å². The summed E-state index contributed by atoms with van der Waals surface area (Å²) in [6, 6.07) is 18.6. The van der Waals surface area contributed by atoms with Gasteiger partial charge in [-0.2, -0.15) is 4.98 Å². The number of nitrogens with two attached hydrogens (primary N) is 1. The van der Waals surface area contributed by atoms with Gasteiger partial charge in [0.05, 0.1) is 5.56 Å². The molecule has 0 bridgehead atoms. The largest absolute Gasteiger partial charge is 0.454 e. The van der Waals surface area contributed by atoms with Crippen molar-refractivity contribution in [2.24, 2.45) is 0 Å². The summed E-state index contributed by atoms with van der Waals surface area (Å²) in [4.78, 5) is 28.1. The summed E-state index contributed by atoms with van der Waals surface area (Å²) < 4.78 is 17.4. The first-order chi connectivity index (χ1) is 14.6. The number of aromatic nitrogens is 2. The van der Waals surface area contributed by atoms with Gasteiger partial charge in [-0.3, -0.25) is 0 Å². The quantitative estimate of drug-likeness (QED) is 0.628. The van der Waals surface area contributed by atoms with Crippen LogP contribution in [-0.2, 0) is 20.6 Å². The third-order valence-corrected chi connectivity index (χ3v) is 4.46. The number of hydrogen-bond acceptors (Lipinski definition) is 7. The Balaban J connectivity index is 1.37. The molecule has 2 N–H and O–H groups in total. The zero-order valence-corrected chi connectivity index (χ0v) is 15.9. The number of hydrogen-bond donors (Lipinski definition) is 1. The zero-order chi connectivity index (χ0) is 20.9. The number of ether oxygens (including phenoxy) is 3. The van der Waals surface area contributed by atoms with Gasteiger partial charge in [0.2, 0.25) is 5.88 Å². The van der Waals surface area contributed by atoms with Gasteiger partial charge in [0.1, 0.15) is 12.1 Å². The van der Waals surface area contributed by atoms with Crippen LogP contribution in [-0.4, -0.2) is 28.4 Å². The third kappa shape index (κ3) is 4.33. The van der Waals surface area contributed by atoms with Gasteiger partial charge < -0.3 is 19.9 Å². The molecule has 1 atom stereocenters. The molecule has 2 heterocycles. The lowest BCUT2D eigenvalue weighted by Crippen LogP contribution is -2.25. The van der Waals surface area contributed by atoms with E-state index in [4.69, 9.17) is 19.9 Å². The van der Waals surface area contributed by atoms with Crippen molar-refractivity contribution in [3.8, 4) is 0 Å². The van der Waals surface area contributed by atoms with E-state index in [0.717, 1.165) is 15.7 Å². The van der Waals surface area contributed by atoms with Crippen LogP contribution < -0.4 is 11.4 Å². The Kier molecular flexibility index (Phi) is 5.47. The number of benzene rings is 2. The average molecular weight is 405 g/mol. The van der Waals surface area contributed by atoms with E-state index in [2.05, 4.69) is 4.98 Å². The maximum absolute atomic E-state index is 12.6. The van der Waals surface area contributed by atoms with Crippen LogP contribution in [0.2, 0.25) is 0 Å². The SMILES string of the molecule is Nc1ccn(C2=COC(COC(=O)c3ccccc3Cc3ccccc3)O2)c(=O)n1. The van der Waals surface area contributed by atoms with E-state index in [1.165, 1.54) is 18.5 Å². The molecule has 0 amide bonds. The van der Waals surface area contributed by atoms with Crippen molar-refractivity contribution in [3.05, 3.63) is 100 Å². The highest BCUT2D eigenvalue weighted by atomic mass is 16.7. The fourth-order valence-electron chi connectivity index (χ4n) is 3.01. The fraction of sp³-hybridized carbons (Fsp3) is 0.136. The van der Waals surface area contributed by atoms with Crippen LogP contribution in [0.25, 0.3) is 5.88 Å². The standard InChI is InChI=1S/C22H19N3O5/c23-18-10-11-25(22(27)24-18)19-13-28-20(30-19)14-29-21(26)17-9-5-4-8-16(17)12-15-6-2-1-3-7-15/h1-11,13,20H,12,14H2,(H2,23,24,27). The van der Waals surface area contributed by atoms with Crippen LogP contribution in [0.4, 0.5) is 5.82 Å². The first-order valence-corrected chi connectivity index (χ1v) is 9.27. The lowest BCUT2D eigenvalue weighted by molar-refractivity contribution is -0.0640. The normalized spacial score (nSPS) is 15.1. The van der Waals surface area contributed by atoms with Crippen molar-refractivity contribution in [2.75, 3.05) is 12.3 Å². The van der Waals surface area contributed by atoms with E-state index in [9.17, 15) is 9.59 Å². The highest BCUT2D eigenvalue weighted by Gasteiger charge is 2.24. The zero-order valence-electron chi connectivity index (χ0n) is 15.9. The molecule has 0 spiro atoms. The Hall–Kier alpha value is -4.07. The van der Waals surface area contributed by atoms with Crippen molar-refractivity contribution >= 4 is 17.7 Å². The molecule has 0 radical (unpaired) electrons. The fourth-order valence-corrected chi connectivity index (χ4v) is 3.01. The molecule has 0 aliphatic carbocycles. The molecule has 0 saturated heterocycles. The lowest BCUT2D eigenvalue weighted by atomic mass is 10.00. The van der Waals surface area contributed by atoms with Gasteiger partial charge in [0.25, 0.3) is 6.29 Å². The minimum absolute atomic E-state index is 0.107. The molecule has 152 valence electrons. The topological polar surface area (TPSA) is 106 Å². The van der Waals surface area contributed by atoms with Crippen LogP contribution in [0, 0.1) is 0 Å². The van der Waals surface area contributed by atoms with Gasteiger partial charge in [-0.15, -0.1) is 0 Å². The van der Waals surface area contributed by atoms with E-state index in [1.54, 1.807) is 12.1 Å². The molecule has 1 unspecified atom stereocenters. The van der Waals surface area contributed by atoms with Gasteiger partial charge in [-0.25, -0.2) is 14.2 Å². The summed E-state index contributed by atoms with van der Waals surface area (Å²) in [6.45, 7) is -0.143. The molecule has 1 aliphatic heterocycles. The Morgan fingerprint density at radius 2 is 1.87 bits per heavy atom. The second-order valence-corrected chi connectivity index (χ2v) is 6.56. The number of anilines is 1. The molecule has 0 fully saturated rings. The number of rotatable bonds is 6. The number of esters is 1. The van der Waals surface area contributed by atoms with Crippen molar-refractivity contribution in [1.29, 1.82) is 0 Å². The highest BCUT2D eigenvalue weighted by molar-refractivity contribution is 5.91. The molecule has 0 saturated carbocycles. The average Bonchev–Trinajstić information content (AvgIpc) is 3.22. The van der Waals surface area contributed by atoms with Gasteiger partial charge in [0, 0.05) is 6.20 Å².